The van der Waals surface area contributed by atoms with Crippen molar-refractivity contribution in [2.45, 2.75) is 31.8 Å². The number of carbonyl (C=O) groups excluding carboxylic acids is 1. The van der Waals surface area contributed by atoms with Crippen LogP contribution in [-0.2, 0) is 6.54 Å². The molecule has 2 aromatic rings. The first-order valence-corrected chi connectivity index (χ1v) is 8.89. The Morgan fingerprint density at radius 1 is 1.12 bits per heavy atom. The summed E-state index contributed by atoms with van der Waals surface area (Å²) in [4.78, 5) is 17.4. The average molecular weight is 324 g/mol. The van der Waals surface area contributed by atoms with Crippen LogP contribution in [0.15, 0.2) is 42.7 Å². The highest BCUT2D eigenvalue weighted by Gasteiger charge is 2.31. The smallest absolute Gasteiger partial charge is 0.257 e. The zero-order valence-electron chi connectivity index (χ0n) is 14.0. The Labute approximate surface area is 142 Å². The van der Waals surface area contributed by atoms with Crippen LogP contribution in [0.5, 0.6) is 0 Å². The molecule has 2 fully saturated rings. The first-order valence-electron chi connectivity index (χ1n) is 8.89. The topological polar surface area (TPSA) is 41.4 Å². The van der Waals surface area contributed by atoms with Crippen LogP contribution in [0.4, 0.5) is 0 Å². The highest BCUT2D eigenvalue weighted by molar-refractivity contribution is 5.93. The van der Waals surface area contributed by atoms with E-state index in [0.717, 1.165) is 19.6 Å². The fourth-order valence-electron chi connectivity index (χ4n) is 3.85. The van der Waals surface area contributed by atoms with Crippen molar-refractivity contribution in [3.05, 3.63) is 53.9 Å². The lowest BCUT2D eigenvalue weighted by molar-refractivity contribution is 0.0372. The van der Waals surface area contributed by atoms with E-state index >= 15 is 0 Å². The first kappa shape index (κ1) is 15.4. The molecule has 0 radical (unpaired) electrons. The number of piperidine rings is 1. The van der Waals surface area contributed by atoms with Gasteiger partial charge < -0.3 is 4.90 Å². The van der Waals surface area contributed by atoms with E-state index < -0.39 is 0 Å². The summed E-state index contributed by atoms with van der Waals surface area (Å²) in [6.07, 6.45) is 7.40. The van der Waals surface area contributed by atoms with E-state index in [2.05, 4.69) is 22.1 Å². The van der Waals surface area contributed by atoms with Gasteiger partial charge in [0.2, 0.25) is 0 Å². The van der Waals surface area contributed by atoms with E-state index in [1.807, 2.05) is 34.0 Å². The molecule has 0 N–H and O–H groups in total. The summed E-state index contributed by atoms with van der Waals surface area (Å²) in [6, 6.07) is 10.8. The summed E-state index contributed by atoms with van der Waals surface area (Å²) in [7, 11) is 0. The summed E-state index contributed by atoms with van der Waals surface area (Å²) < 4.78 is 1.85. The molecular formula is C19H24N4O. The monoisotopic (exact) mass is 324 g/mol. The van der Waals surface area contributed by atoms with Gasteiger partial charge in [-0.15, -0.1) is 0 Å². The predicted molar refractivity (Wildman–Crippen MR) is 92.9 cm³/mol. The Morgan fingerprint density at radius 2 is 2.00 bits per heavy atom. The molecule has 0 saturated carbocycles. The molecule has 5 heteroatoms. The van der Waals surface area contributed by atoms with Gasteiger partial charge in [0.25, 0.3) is 5.91 Å². The Balaban J connectivity index is 1.41. The molecule has 2 aliphatic heterocycles. The molecule has 1 unspecified atom stereocenters. The third-order valence-corrected chi connectivity index (χ3v) is 5.19. The third kappa shape index (κ3) is 3.22. The van der Waals surface area contributed by atoms with Gasteiger partial charge in [-0.1, -0.05) is 36.8 Å². The third-order valence-electron chi connectivity index (χ3n) is 5.19. The standard InChI is InChI=1S/C19H24N4O/c24-19(22-11-10-21-9-5-4-8-18(21)15-22)17-12-20-23(14-17)13-16-6-2-1-3-7-16/h1-3,6-7,12,14,18H,4-5,8-11,13,15H2. The molecular weight excluding hydrogens is 300 g/mol. The Bertz CT molecular complexity index is 696. The molecule has 0 bridgehead atoms. The maximum Gasteiger partial charge on any atom is 0.257 e. The van der Waals surface area contributed by atoms with Gasteiger partial charge in [0, 0.05) is 31.9 Å². The van der Waals surface area contributed by atoms with Gasteiger partial charge in [-0.2, -0.15) is 5.10 Å². The molecule has 2 aliphatic rings. The van der Waals surface area contributed by atoms with E-state index in [1.165, 1.54) is 31.4 Å². The summed E-state index contributed by atoms with van der Waals surface area (Å²) in [5, 5.41) is 4.37. The van der Waals surface area contributed by atoms with Crippen LogP contribution >= 0.6 is 0 Å². The molecule has 5 nitrogen and oxygen atoms in total. The molecule has 4 rings (SSSR count). The van der Waals surface area contributed by atoms with Gasteiger partial charge in [0.15, 0.2) is 0 Å². The summed E-state index contributed by atoms with van der Waals surface area (Å²) in [5.41, 5.74) is 1.89. The quantitative estimate of drug-likeness (QED) is 0.869. The number of nitrogens with zero attached hydrogens (tertiary/aromatic N) is 4. The van der Waals surface area contributed by atoms with Crippen molar-refractivity contribution in [1.29, 1.82) is 0 Å². The van der Waals surface area contributed by atoms with Crippen LogP contribution in [0.1, 0.15) is 35.2 Å². The van der Waals surface area contributed by atoms with Crippen molar-refractivity contribution in [1.82, 2.24) is 19.6 Å². The summed E-state index contributed by atoms with van der Waals surface area (Å²) >= 11 is 0. The van der Waals surface area contributed by atoms with Gasteiger partial charge in [0.05, 0.1) is 18.3 Å². The minimum atomic E-state index is 0.125. The lowest BCUT2D eigenvalue weighted by atomic mass is 9.99. The number of benzene rings is 1. The minimum Gasteiger partial charge on any atom is -0.336 e. The number of hydrogen-bond acceptors (Lipinski definition) is 3. The number of carbonyl (C=O) groups is 1. The summed E-state index contributed by atoms with van der Waals surface area (Å²) in [6.45, 7) is 4.60. The summed E-state index contributed by atoms with van der Waals surface area (Å²) in [5.74, 6) is 0.125. The molecule has 1 aromatic carbocycles. The van der Waals surface area contributed by atoms with Crippen LogP contribution < -0.4 is 0 Å². The normalized spacial score (nSPS) is 21.5. The SMILES string of the molecule is O=C(c1cnn(Cc2ccccc2)c1)N1CCN2CCCCC2C1. The fraction of sp³-hybridized carbons (Fsp3) is 0.474. The van der Waals surface area contributed by atoms with Crippen LogP contribution in [0.25, 0.3) is 0 Å². The van der Waals surface area contributed by atoms with Crippen molar-refractivity contribution in [3.63, 3.8) is 0 Å². The lowest BCUT2D eigenvalue weighted by Gasteiger charge is -2.43. The van der Waals surface area contributed by atoms with E-state index in [4.69, 9.17) is 0 Å². The van der Waals surface area contributed by atoms with Crippen LogP contribution in [0, 0.1) is 0 Å². The van der Waals surface area contributed by atoms with Crippen molar-refractivity contribution in [2.24, 2.45) is 0 Å². The second kappa shape index (κ2) is 6.77. The Morgan fingerprint density at radius 3 is 2.88 bits per heavy atom. The van der Waals surface area contributed by atoms with Crippen molar-refractivity contribution in [2.75, 3.05) is 26.2 Å². The highest BCUT2D eigenvalue weighted by Crippen LogP contribution is 2.22. The van der Waals surface area contributed by atoms with Crippen LogP contribution in [0.3, 0.4) is 0 Å². The molecule has 2 saturated heterocycles. The second-order valence-electron chi connectivity index (χ2n) is 6.85. The zero-order chi connectivity index (χ0) is 16.4. The van der Waals surface area contributed by atoms with Gasteiger partial charge in [-0.25, -0.2) is 0 Å². The van der Waals surface area contributed by atoms with Gasteiger partial charge in [-0.3, -0.25) is 14.4 Å². The van der Waals surface area contributed by atoms with Crippen molar-refractivity contribution < 1.29 is 4.79 Å². The van der Waals surface area contributed by atoms with Gasteiger partial charge >= 0.3 is 0 Å². The van der Waals surface area contributed by atoms with Crippen LogP contribution in [-0.4, -0.2) is 57.7 Å². The van der Waals surface area contributed by atoms with E-state index in [0.29, 0.717) is 18.2 Å². The largest absolute Gasteiger partial charge is 0.336 e. The maximum absolute atomic E-state index is 12.8. The van der Waals surface area contributed by atoms with Gasteiger partial charge in [0.1, 0.15) is 0 Å². The molecule has 1 aromatic heterocycles. The zero-order valence-corrected chi connectivity index (χ0v) is 14.0. The van der Waals surface area contributed by atoms with Crippen molar-refractivity contribution in [3.8, 4) is 0 Å². The van der Waals surface area contributed by atoms with Crippen molar-refractivity contribution >= 4 is 5.91 Å². The lowest BCUT2D eigenvalue weighted by Crippen LogP contribution is -2.56. The highest BCUT2D eigenvalue weighted by atomic mass is 16.2. The number of aromatic nitrogens is 2. The molecule has 1 amide bonds. The molecule has 1 atom stereocenters. The predicted octanol–water partition coefficient (Wildman–Crippen LogP) is 2.24. The molecule has 3 heterocycles. The molecule has 0 spiro atoms. The van der Waals surface area contributed by atoms with Crippen LogP contribution in [0.2, 0.25) is 0 Å². The molecule has 126 valence electrons. The number of fused-ring (bicyclic) bond motifs is 1. The average Bonchev–Trinajstić information content (AvgIpc) is 3.10. The second-order valence-corrected chi connectivity index (χ2v) is 6.85. The fourth-order valence-corrected chi connectivity index (χ4v) is 3.85. The minimum absolute atomic E-state index is 0.125. The number of piperazine rings is 1. The number of hydrogen-bond donors (Lipinski definition) is 0. The Hall–Kier alpha value is -2.14. The van der Waals surface area contributed by atoms with E-state index in [-0.39, 0.29) is 5.91 Å². The Kier molecular flexibility index (Phi) is 4.34. The maximum atomic E-state index is 12.8. The number of rotatable bonds is 3. The van der Waals surface area contributed by atoms with E-state index in [9.17, 15) is 4.79 Å². The van der Waals surface area contributed by atoms with Gasteiger partial charge in [-0.05, 0) is 24.9 Å². The van der Waals surface area contributed by atoms with E-state index in [1.54, 1.807) is 6.20 Å². The molecule has 0 aliphatic carbocycles. The molecule has 24 heavy (non-hydrogen) atoms. The number of amides is 1. The first-order chi connectivity index (χ1) is 11.8.